The normalized spacial score (nSPS) is 14.9. The molecule has 4 aromatic rings. The van der Waals surface area contributed by atoms with E-state index in [0.717, 1.165) is 45.1 Å². The summed E-state index contributed by atoms with van der Waals surface area (Å²) in [5, 5.41) is 7.35. The molecule has 0 unspecified atom stereocenters. The smallest absolute Gasteiger partial charge is 0.404 e. The van der Waals surface area contributed by atoms with Crippen molar-refractivity contribution in [3.63, 3.8) is 0 Å². The van der Waals surface area contributed by atoms with E-state index < -0.39 is 6.09 Å². The highest BCUT2D eigenvalue weighted by molar-refractivity contribution is 5.94. The Morgan fingerprint density at radius 1 is 1.31 bits per heavy atom. The molecule has 1 aromatic carbocycles. The highest BCUT2D eigenvalue weighted by atomic mass is 16.5. The van der Waals surface area contributed by atoms with Crippen LogP contribution in [0.25, 0.3) is 22.2 Å². The summed E-state index contributed by atoms with van der Waals surface area (Å²) in [7, 11) is 0. The van der Waals surface area contributed by atoms with Gasteiger partial charge in [0, 0.05) is 11.8 Å². The van der Waals surface area contributed by atoms with Crippen LogP contribution in [0.5, 0.6) is 5.75 Å². The fourth-order valence-corrected chi connectivity index (χ4v) is 4.14. The fraction of sp³-hybridized carbons (Fsp3) is 0.273. The number of ether oxygens (including phenoxy) is 2. The van der Waals surface area contributed by atoms with Crippen LogP contribution in [0.4, 0.5) is 10.7 Å². The minimum absolute atomic E-state index is 0.125. The molecule has 0 radical (unpaired) electrons. The Morgan fingerprint density at radius 2 is 2.19 bits per heavy atom. The summed E-state index contributed by atoms with van der Waals surface area (Å²) in [6, 6.07) is 9.52. The maximum atomic E-state index is 10.9. The van der Waals surface area contributed by atoms with E-state index in [2.05, 4.69) is 20.0 Å². The number of benzene rings is 1. The molecule has 0 fully saturated rings. The number of nitrogens with one attached hydrogen (secondary N) is 1. The quantitative estimate of drug-likeness (QED) is 0.443. The van der Waals surface area contributed by atoms with E-state index in [4.69, 9.17) is 24.7 Å². The van der Waals surface area contributed by atoms with E-state index in [1.165, 1.54) is 0 Å². The van der Waals surface area contributed by atoms with Gasteiger partial charge in [-0.1, -0.05) is 11.2 Å². The zero-order chi connectivity index (χ0) is 22.2. The SMILES string of the molecule is Cc1noc(C)c1-c1ccc2nc(NCCOC(N)=O)n3c2c1OC[C@@H]3c1ccccn1. The van der Waals surface area contributed by atoms with Crippen LogP contribution in [-0.4, -0.2) is 45.5 Å². The Bertz CT molecular complexity index is 1280. The summed E-state index contributed by atoms with van der Waals surface area (Å²) in [5.41, 5.74) is 10.1. The second-order valence-corrected chi connectivity index (χ2v) is 7.49. The van der Waals surface area contributed by atoms with Crippen molar-refractivity contribution in [2.75, 3.05) is 25.1 Å². The highest BCUT2D eigenvalue weighted by Crippen LogP contribution is 2.45. The molecule has 164 valence electrons. The lowest BCUT2D eigenvalue weighted by atomic mass is 10.0. The summed E-state index contributed by atoms with van der Waals surface area (Å²) in [6.07, 6.45) is 0.945. The molecule has 10 nitrogen and oxygen atoms in total. The van der Waals surface area contributed by atoms with Gasteiger partial charge in [-0.3, -0.25) is 9.55 Å². The van der Waals surface area contributed by atoms with Gasteiger partial charge in [-0.05, 0) is 38.1 Å². The van der Waals surface area contributed by atoms with Crippen molar-refractivity contribution in [2.45, 2.75) is 19.9 Å². The van der Waals surface area contributed by atoms with Crippen molar-refractivity contribution in [1.82, 2.24) is 19.7 Å². The molecule has 10 heteroatoms. The van der Waals surface area contributed by atoms with E-state index in [1.54, 1.807) is 6.20 Å². The molecule has 4 heterocycles. The molecule has 32 heavy (non-hydrogen) atoms. The van der Waals surface area contributed by atoms with Gasteiger partial charge >= 0.3 is 6.09 Å². The number of carbonyl (C=O) groups excluding carboxylic acids is 1. The number of nitrogens with zero attached hydrogens (tertiary/aromatic N) is 4. The predicted octanol–water partition coefficient (Wildman–Crippen LogP) is 3.19. The summed E-state index contributed by atoms with van der Waals surface area (Å²) < 4.78 is 18.6. The van der Waals surface area contributed by atoms with Crippen LogP contribution < -0.4 is 15.8 Å². The number of aromatic nitrogens is 4. The van der Waals surface area contributed by atoms with Gasteiger partial charge in [0.05, 0.1) is 29.0 Å². The number of hydrogen-bond acceptors (Lipinski definition) is 8. The zero-order valence-corrected chi connectivity index (χ0v) is 17.7. The van der Waals surface area contributed by atoms with Crippen LogP contribution in [0.15, 0.2) is 41.1 Å². The Hall–Kier alpha value is -4.08. The number of nitrogens with two attached hydrogens (primary N) is 1. The summed E-state index contributed by atoms with van der Waals surface area (Å²) in [6.45, 7) is 4.65. The van der Waals surface area contributed by atoms with Crippen molar-refractivity contribution in [1.29, 1.82) is 0 Å². The number of rotatable bonds is 6. The number of aryl methyl sites for hydroxylation is 2. The van der Waals surface area contributed by atoms with Crippen LogP contribution in [0.1, 0.15) is 23.2 Å². The first-order valence-electron chi connectivity index (χ1n) is 10.2. The first-order valence-corrected chi connectivity index (χ1v) is 10.2. The molecule has 1 aliphatic rings. The topological polar surface area (TPSA) is 130 Å². The van der Waals surface area contributed by atoms with Gasteiger partial charge < -0.3 is 25.0 Å². The van der Waals surface area contributed by atoms with Crippen molar-refractivity contribution in [3.8, 4) is 16.9 Å². The van der Waals surface area contributed by atoms with E-state index in [-0.39, 0.29) is 12.6 Å². The molecule has 5 rings (SSSR count). The maximum absolute atomic E-state index is 10.9. The average Bonchev–Trinajstić information content (AvgIpc) is 3.33. The van der Waals surface area contributed by atoms with Crippen molar-refractivity contribution in [3.05, 3.63) is 53.7 Å². The molecule has 1 atom stereocenters. The van der Waals surface area contributed by atoms with Crippen LogP contribution in [0, 0.1) is 13.8 Å². The number of pyridine rings is 1. The van der Waals surface area contributed by atoms with Crippen LogP contribution in [0.2, 0.25) is 0 Å². The molecule has 0 bridgehead atoms. The van der Waals surface area contributed by atoms with Gasteiger partial charge in [0.1, 0.15) is 30.5 Å². The third-order valence-corrected chi connectivity index (χ3v) is 5.46. The molecule has 1 aliphatic heterocycles. The molecular weight excluding hydrogens is 412 g/mol. The number of imidazole rings is 1. The van der Waals surface area contributed by atoms with E-state index in [0.29, 0.717) is 19.1 Å². The molecular formula is C22H22N6O4. The average molecular weight is 434 g/mol. The number of hydrogen-bond donors (Lipinski definition) is 2. The maximum Gasteiger partial charge on any atom is 0.404 e. The van der Waals surface area contributed by atoms with Gasteiger partial charge in [-0.25, -0.2) is 9.78 Å². The molecule has 1 amide bonds. The second kappa shape index (κ2) is 7.88. The Balaban J connectivity index is 1.65. The highest BCUT2D eigenvalue weighted by Gasteiger charge is 2.31. The first-order chi connectivity index (χ1) is 15.5. The zero-order valence-electron chi connectivity index (χ0n) is 17.7. The second-order valence-electron chi connectivity index (χ2n) is 7.49. The number of primary amides is 1. The van der Waals surface area contributed by atoms with Crippen molar-refractivity contribution < 1.29 is 18.8 Å². The van der Waals surface area contributed by atoms with Gasteiger partial charge in [-0.15, -0.1) is 0 Å². The minimum atomic E-state index is -0.812. The monoisotopic (exact) mass is 434 g/mol. The fourth-order valence-electron chi connectivity index (χ4n) is 4.14. The molecule has 0 saturated heterocycles. The molecule has 0 aliphatic carbocycles. The number of anilines is 1. The molecule has 3 N–H and O–H groups in total. The van der Waals surface area contributed by atoms with E-state index >= 15 is 0 Å². The Morgan fingerprint density at radius 3 is 2.91 bits per heavy atom. The Labute approximate surface area is 183 Å². The standard InChI is InChI=1S/C22H22N6O4/c1-12-18(13(2)32-27-12)14-6-7-16-19-20(14)31-11-17(15-5-3-4-8-24-15)28(19)22(26-16)25-9-10-30-21(23)29/h3-8,17H,9-11H2,1-2H3,(H2,23,29)(H,25,26)/t17-/m1/s1. The number of amides is 1. The largest absolute Gasteiger partial charge is 0.488 e. The lowest BCUT2D eigenvalue weighted by Crippen LogP contribution is -2.26. The predicted molar refractivity (Wildman–Crippen MR) is 117 cm³/mol. The lowest BCUT2D eigenvalue weighted by molar-refractivity contribution is 0.161. The Kier molecular flexibility index (Phi) is 4.89. The van der Waals surface area contributed by atoms with Crippen molar-refractivity contribution >= 4 is 23.1 Å². The van der Waals surface area contributed by atoms with Crippen LogP contribution in [0.3, 0.4) is 0 Å². The molecule has 0 saturated carbocycles. The van der Waals surface area contributed by atoms with E-state index in [9.17, 15) is 4.79 Å². The summed E-state index contributed by atoms with van der Waals surface area (Å²) in [4.78, 5) is 20.2. The summed E-state index contributed by atoms with van der Waals surface area (Å²) in [5.74, 6) is 2.07. The molecule has 0 spiro atoms. The van der Waals surface area contributed by atoms with E-state index in [1.807, 2.05) is 44.2 Å². The van der Waals surface area contributed by atoms with Crippen LogP contribution >= 0.6 is 0 Å². The van der Waals surface area contributed by atoms with Gasteiger partial charge in [0.15, 0.2) is 5.75 Å². The summed E-state index contributed by atoms with van der Waals surface area (Å²) >= 11 is 0. The van der Waals surface area contributed by atoms with Crippen LogP contribution in [-0.2, 0) is 4.74 Å². The first kappa shape index (κ1) is 19.9. The third kappa shape index (κ3) is 3.29. The van der Waals surface area contributed by atoms with Crippen molar-refractivity contribution in [2.24, 2.45) is 5.73 Å². The molecule has 3 aromatic heterocycles. The number of carbonyl (C=O) groups is 1. The minimum Gasteiger partial charge on any atom is -0.488 e. The lowest BCUT2D eigenvalue weighted by Gasteiger charge is -2.28. The third-order valence-electron chi connectivity index (χ3n) is 5.46. The van der Waals surface area contributed by atoms with Gasteiger partial charge in [-0.2, -0.15) is 0 Å². The van der Waals surface area contributed by atoms with Gasteiger partial charge in [0.2, 0.25) is 5.95 Å². The van der Waals surface area contributed by atoms with Gasteiger partial charge in [0.25, 0.3) is 0 Å².